The van der Waals surface area contributed by atoms with Gasteiger partial charge in [0.05, 0.1) is 13.2 Å². The summed E-state index contributed by atoms with van der Waals surface area (Å²) in [5.41, 5.74) is 1.43. The monoisotopic (exact) mass is 287 g/mol. The second-order valence-electron chi connectivity index (χ2n) is 5.93. The quantitative estimate of drug-likeness (QED) is 0.534. The first-order chi connectivity index (χ1) is 10.4. The van der Waals surface area contributed by atoms with Gasteiger partial charge < -0.3 is 10.1 Å². The molecule has 0 aliphatic heterocycles. The second-order valence-corrected chi connectivity index (χ2v) is 5.93. The molecule has 0 heterocycles. The summed E-state index contributed by atoms with van der Waals surface area (Å²) in [7, 11) is 0. The third-order valence-electron chi connectivity index (χ3n) is 4.36. The Kier molecular flexibility index (Phi) is 7.55. The van der Waals surface area contributed by atoms with Crippen LogP contribution < -0.4 is 5.32 Å². The zero-order valence-corrected chi connectivity index (χ0v) is 13.1. The molecule has 116 valence electrons. The van der Waals surface area contributed by atoms with Crippen molar-refractivity contribution in [2.45, 2.75) is 44.6 Å². The normalized spacial score (nSPS) is 17.5. The molecule has 0 spiro atoms. The van der Waals surface area contributed by atoms with E-state index in [1.54, 1.807) is 0 Å². The number of hydrogen-bond acceptors (Lipinski definition) is 2. The van der Waals surface area contributed by atoms with E-state index in [-0.39, 0.29) is 0 Å². The van der Waals surface area contributed by atoms with Crippen LogP contribution in [0.3, 0.4) is 0 Å². The Balaban J connectivity index is 1.85. The highest BCUT2D eigenvalue weighted by Gasteiger charge is 2.24. The molecule has 2 rings (SSSR count). The minimum absolute atomic E-state index is 0.481. The highest BCUT2D eigenvalue weighted by Crippen LogP contribution is 2.34. The van der Waals surface area contributed by atoms with Crippen LogP contribution in [-0.2, 0) is 4.74 Å². The van der Waals surface area contributed by atoms with Crippen LogP contribution in [-0.4, -0.2) is 19.8 Å². The van der Waals surface area contributed by atoms with Crippen LogP contribution in [0.1, 0.15) is 50.1 Å². The summed E-state index contributed by atoms with van der Waals surface area (Å²) >= 11 is 0. The topological polar surface area (TPSA) is 21.3 Å². The first kappa shape index (κ1) is 16.3. The molecule has 1 aromatic rings. The molecule has 1 N–H and O–H groups in total. The highest BCUT2D eigenvalue weighted by atomic mass is 16.5. The van der Waals surface area contributed by atoms with Crippen LogP contribution in [0.25, 0.3) is 0 Å². The fraction of sp³-hybridized carbons (Fsp3) is 0.579. The van der Waals surface area contributed by atoms with Crippen molar-refractivity contribution in [1.29, 1.82) is 0 Å². The Hall–Kier alpha value is -1.12. The number of benzene rings is 1. The van der Waals surface area contributed by atoms with Gasteiger partial charge in [-0.25, -0.2) is 0 Å². The Bertz CT molecular complexity index is 384. The molecule has 1 fully saturated rings. The van der Waals surface area contributed by atoms with Crippen molar-refractivity contribution in [3.8, 4) is 0 Å². The minimum Gasteiger partial charge on any atom is -0.380 e. The van der Waals surface area contributed by atoms with Crippen molar-refractivity contribution < 1.29 is 4.74 Å². The van der Waals surface area contributed by atoms with Crippen molar-refractivity contribution in [2.24, 2.45) is 5.92 Å². The average molecular weight is 287 g/mol. The predicted octanol–water partition coefficient (Wildman–Crippen LogP) is 4.49. The van der Waals surface area contributed by atoms with Gasteiger partial charge in [-0.3, -0.25) is 0 Å². The van der Waals surface area contributed by atoms with Crippen LogP contribution in [0.2, 0.25) is 0 Å². The van der Waals surface area contributed by atoms with Gasteiger partial charge in [0.15, 0.2) is 0 Å². The standard InChI is InChI=1S/C19H29NO/c1-2-3-15-21-16-14-20-19(17-10-6-4-7-11-17)18-12-8-5-9-13-18/h2,4,6-7,10-11,18-20H,1,3,5,8-9,12-16H2. The lowest BCUT2D eigenvalue weighted by Crippen LogP contribution is -2.32. The van der Waals surface area contributed by atoms with Gasteiger partial charge in [-0.1, -0.05) is 55.7 Å². The number of rotatable bonds is 9. The van der Waals surface area contributed by atoms with E-state index in [0.29, 0.717) is 6.04 Å². The molecule has 0 aromatic heterocycles. The molecule has 0 bridgehead atoms. The lowest BCUT2D eigenvalue weighted by molar-refractivity contribution is 0.133. The van der Waals surface area contributed by atoms with Crippen LogP contribution in [0.4, 0.5) is 0 Å². The van der Waals surface area contributed by atoms with Crippen molar-refractivity contribution in [3.05, 3.63) is 48.6 Å². The van der Waals surface area contributed by atoms with Gasteiger partial charge in [0.1, 0.15) is 0 Å². The first-order valence-corrected chi connectivity index (χ1v) is 8.39. The lowest BCUT2D eigenvalue weighted by Gasteiger charge is -2.31. The van der Waals surface area contributed by atoms with E-state index in [1.165, 1.54) is 37.7 Å². The van der Waals surface area contributed by atoms with Crippen LogP contribution >= 0.6 is 0 Å². The molecule has 1 aliphatic rings. The summed E-state index contributed by atoms with van der Waals surface area (Å²) in [6, 6.07) is 11.4. The van der Waals surface area contributed by atoms with E-state index in [4.69, 9.17) is 4.74 Å². The van der Waals surface area contributed by atoms with Crippen LogP contribution in [0.15, 0.2) is 43.0 Å². The Labute approximate surface area is 129 Å². The van der Waals surface area contributed by atoms with Gasteiger partial charge in [0.2, 0.25) is 0 Å². The van der Waals surface area contributed by atoms with E-state index < -0.39 is 0 Å². The summed E-state index contributed by atoms with van der Waals surface area (Å²) in [4.78, 5) is 0. The average Bonchev–Trinajstić information content (AvgIpc) is 2.56. The lowest BCUT2D eigenvalue weighted by atomic mass is 9.81. The van der Waals surface area contributed by atoms with Gasteiger partial charge in [0.25, 0.3) is 0 Å². The van der Waals surface area contributed by atoms with Crippen molar-refractivity contribution >= 4 is 0 Å². The van der Waals surface area contributed by atoms with Crippen LogP contribution in [0.5, 0.6) is 0 Å². The molecule has 1 atom stereocenters. The second kappa shape index (κ2) is 9.75. The molecule has 0 saturated heterocycles. The van der Waals surface area contributed by atoms with Crippen LogP contribution in [0, 0.1) is 5.92 Å². The smallest absolute Gasteiger partial charge is 0.0591 e. The minimum atomic E-state index is 0.481. The van der Waals surface area contributed by atoms with E-state index in [9.17, 15) is 0 Å². The molecule has 2 nitrogen and oxygen atoms in total. The molecule has 2 heteroatoms. The van der Waals surface area contributed by atoms with Crippen molar-refractivity contribution in [2.75, 3.05) is 19.8 Å². The van der Waals surface area contributed by atoms with Gasteiger partial charge in [-0.15, -0.1) is 6.58 Å². The summed E-state index contributed by atoms with van der Waals surface area (Å²) in [6.07, 6.45) is 9.71. The zero-order chi connectivity index (χ0) is 14.8. The first-order valence-electron chi connectivity index (χ1n) is 8.39. The summed E-state index contributed by atoms with van der Waals surface area (Å²) in [5.74, 6) is 0.773. The molecule has 1 saturated carbocycles. The van der Waals surface area contributed by atoms with E-state index in [1.807, 2.05) is 6.08 Å². The third kappa shape index (κ3) is 5.64. The van der Waals surface area contributed by atoms with Gasteiger partial charge >= 0.3 is 0 Å². The summed E-state index contributed by atoms with van der Waals surface area (Å²) in [6.45, 7) is 6.20. The zero-order valence-electron chi connectivity index (χ0n) is 13.1. The number of hydrogen-bond donors (Lipinski definition) is 1. The Morgan fingerprint density at radius 1 is 1.14 bits per heavy atom. The molecule has 21 heavy (non-hydrogen) atoms. The van der Waals surface area contributed by atoms with Crippen molar-refractivity contribution in [3.63, 3.8) is 0 Å². The van der Waals surface area contributed by atoms with Gasteiger partial charge in [0, 0.05) is 12.6 Å². The maximum Gasteiger partial charge on any atom is 0.0591 e. The van der Waals surface area contributed by atoms with E-state index in [0.717, 1.165) is 32.1 Å². The highest BCUT2D eigenvalue weighted by molar-refractivity contribution is 5.19. The SMILES string of the molecule is C=CCCOCCNC(c1ccccc1)C1CCCCC1. The molecule has 1 aromatic carbocycles. The number of ether oxygens (including phenoxy) is 1. The Morgan fingerprint density at radius 2 is 1.90 bits per heavy atom. The largest absolute Gasteiger partial charge is 0.380 e. The fourth-order valence-corrected chi connectivity index (χ4v) is 3.24. The molecular formula is C19H29NO. The maximum absolute atomic E-state index is 5.61. The Morgan fingerprint density at radius 3 is 2.62 bits per heavy atom. The molecule has 0 radical (unpaired) electrons. The third-order valence-corrected chi connectivity index (χ3v) is 4.36. The summed E-state index contributed by atoms with van der Waals surface area (Å²) < 4.78 is 5.61. The maximum atomic E-state index is 5.61. The van der Waals surface area contributed by atoms with Gasteiger partial charge in [-0.2, -0.15) is 0 Å². The molecule has 1 unspecified atom stereocenters. The van der Waals surface area contributed by atoms with Gasteiger partial charge in [-0.05, 0) is 30.7 Å². The number of nitrogens with one attached hydrogen (secondary N) is 1. The predicted molar refractivity (Wildman–Crippen MR) is 89.4 cm³/mol. The van der Waals surface area contributed by atoms with E-state index >= 15 is 0 Å². The molecule has 1 aliphatic carbocycles. The fourth-order valence-electron chi connectivity index (χ4n) is 3.24. The van der Waals surface area contributed by atoms with E-state index in [2.05, 4.69) is 42.2 Å². The van der Waals surface area contributed by atoms with Crippen molar-refractivity contribution in [1.82, 2.24) is 5.32 Å². The molecular weight excluding hydrogens is 258 g/mol. The summed E-state index contributed by atoms with van der Waals surface area (Å²) in [5, 5.41) is 3.73. The molecule has 0 amide bonds.